The molecule has 0 saturated heterocycles. The van der Waals surface area contributed by atoms with Crippen LogP contribution in [0.1, 0.15) is 30.0 Å². The highest BCUT2D eigenvalue weighted by molar-refractivity contribution is 7.89. The van der Waals surface area contributed by atoms with Crippen molar-refractivity contribution in [3.63, 3.8) is 0 Å². The maximum Gasteiger partial charge on any atom is 0.417 e. The molecule has 0 atom stereocenters. The molecule has 1 aromatic heterocycles. The van der Waals surface area contributed by atoms with Crippen molar-refractivity contribution < 1.29 is 21.6 Å². The van der Waals surface area contributed by atoms with Gasteiger partial charge in [-0.3, -0.25) is 4.98 Å². The van der Waals surface area contributed by atoms with Crippen LogP contribution in [0.25, 0.3) is 0 Å². The van der Waals surface area contributed by atoms with Crippen LogP contribution < -0.4 is 5.14 Å². The van der Waals surface area contributed by atoms with Gasteiger partial charge < -0.3 is 0 Å². The molecule has 94 valence electrons. The first-order valence-electron chi connectivity index (χ1n) is 4.80. The van der Waals surface area contributed by atoms with Gasteiger partial charge in [0.05, 0.1) is 11.3 Å². The minimum absolute atomic E-state index is 0.0673. The van der Waals surface area contributed by atoms with Crippen molar-refractivity contribution in [2.75, 3.05) is 0 Å². The van der Waals surface area contributed by atoms with Crippen molar-refractivity contribution in [3.05, 3.63) is 23.5 Å². The second kappa shape index (κ2) is 3.67. The number of halogens is 3. The van der Waals surface area contributed by atoms with E-state index in [9.17, 15) is 21.6 Å². The summed E-state index contributed by atoms with van der Waals surface area (Å²) in [7, 11) is -4.43. The predicted octanol–water partition coefficient (Wildman–Crippen LogP) is 1.63. The summed E-state index contributed by atoms with van der Waals surface area (Å²) in [5.41, 5.74) is -1.31. The van der Waals surface area contributed by atoms with Crippen LogP contribution in [-0.2, 0) is 16.2 Å². The Bertz CT molecular complexity index is 550. The number of alkyl halides is 3. The molecular formula is C9H9F3N2O2S. The zero-order chi connectivity index (χ0) is 12.8. The average molecular weight is 266 g/mol. The molecule has 8 heteroatoms. The summed E-state index contributed by atoms with van der Waals surface area (Å²) in [4.78, 5) is 2.84. The second-order valence-corrected chi connectivity index (χ2v) is 5.39. The molecular weight excluding hydrogens is 257 g/mol. The van der Waals surface area contributed by atoms with E-state index < -0.39 is 26.7 Å². The first-order valence-corrected chi connectivity index (χ1v) is 6.35. The van der Waals surface area contributed by atoms with Crippen LogP contribution in [0.15, 0.2) is 17.2 Å². The molecule has 2 rings (SSSR count). The quantitative estimate of drug-likeness (QED) is 0.884. The monoisotopic (exact) mass is 266 g/mol. The van der Waals surface area contributed by atoms with Gasteiger partial charge in [-0.05, 0) is 18.9 Å². The highest BCUT2D eigenvalue weighted by atomic mass is 32.2. The largest absolute Gasteiger partial charge is 0.417 e. The van der Waals surface area contributed by atoms with E-state index in [1.165, 1.54) is 0 Å². The van der Waals surface area contributed by atoms with Crippen molar-refractivity contribution in [1.82, 2.24) is 4.98 Å². The number of hydrogen-bond donors (Lipinski definition) is 1. The lowest BCUT2D eigenvalue weighted by Gasteiger charge is -2.13. The number of rotatable bonds is 2. The molecule has 2 N–H and O–H groups in total. The summed E-state index contributed by atoms with van der Waals surface area (Å²) >= 11 is 0. The summed E-state index contributed by atoms with van der Waals surface area (Å²) in [5.74, 6) is -0.231. The minimum atomic E-state index is -4.76. The van der Waals surface area contributed by atoms with Crippen LogP contribution >= 0.6 is 0 Å². The van der Waals surface area contributed by atoms with Crippen LogP contribution in [0.4, 0.5) is 13.2 Å². The van der Waals surface area contributed by atoms with Crippen LogP contribution in [0, 0.1) is 0 Å². The van der Waals surface area contributed by atoms with Gasteiger partial charge in [-0.1, -0.05) is 0 Å². The third kappa shape index (κ3) is 2.42. The van der Waals surface area contributed by atoms with E-state index in [0.717, 1.165) is 6.20 Å². The summed E-state index contributed by atoms with van der Waals surface area (Å²) in [6.45, 7) is 0. The molecule has 1 heterocycles. The van der Waals surface area contributed by atoms with Crippen LogP contribution in [0.2, 0.25) is 0 Å². The maximum atomic E-state index is 12.7. The Kier molecular flexibility index (Phi) is 2.66. The first-order chi connectivity index (χ1) is 7.71. The fourth-order valence-corrected chi connectivity index (χ4v) is 2.64. The molecule has 4 nitrogen and oxygen atoms in total. The maximum absolute atomic E-state index is 12.7. The molecule has 0 aromatic carbocycles. The summed E-state index contributed by atoms with van der Waals surface area (Å²) < 4.78 is 60.7. The second-order valence-electron chi connectivity index (χ2n) is 3.89. The lowest BCUT2D eigenvalue weighted by molar-refractivity contribution is -0.140. The van der Waals surface area contributed by atoms with Gasteiger partial charge in [0.25, 0.3) is 0 Å². The van der Waals surface area contributed by atoms with E-state index in [1.54, 1.807) is 0 Å². The van der Waals surface area contributed by atoms with Crippen molar-refractivity contribution >= 4 is 10.0 Å². The predicted molar refractivity (Wildman–Crippen MR) is 52.6 cm³/mol. The van der Waals surface area contributed by atoms with Gasteiger partial charge in [0.15, 0.2) is 0 Å². The number of hydrogen-bond acceptors (Lipinski definition) is 3. The highest BCUT2D eigenvalue weighted by Gasteiger charge is 2.41. The first kappa shape index (κ1) is 12.3. The zero-order valence-electron chi connectivity index (χ0n) is 8.53. The molecule has 0 unspecified atom stereocenters. The molecule has 0 aliphatic heterocycles. The van der Waals surface area contributed by atoms with Crippen molar-refractivity contribution in [1.29, 1.82) is 0 Å². The number of aromatic nitrogens is 1. The Labute approximate surface area is 95.7 Å². The molecule has 0 spiro atoms. The standard InChI is InChI=1S/C9H9F3N2O2S/c10-9(11,12)6-3-4-14-7(5-1-2-5)8(6)17(13,15)16/h3-5H,1-2H2,(H2,13,15,16). The Morgan fingerprint density at radius 1 is 1.35 bits per heavy atom. The van der Waals surface area contributed by atoms with Gasteiger partial charge in [0, 0.05) is 12.1 Å². The van der Waals surface area contributed by atoms with E-state index in [2.05, 4.69) is 4.98 Å². The SMILES string of the molecule is NS(=O)(=O)c1c(C(F)(F)F)ccnc1C1CC1. The molecule has 1 aliphatic rings. The van der Waals surface area contributed by atoms with Gasteiger partial charge in [-0.25, -0.2) is 13.6 Å². The molecule has 0 amide bonds. The number of sulfonamides is 1. The van der Waals surface area contributed by atoms with E-state index in [0.29, 0.717) is 18.9 Å². The van der Waals surface area contributed by atoms with Gasteiger partial charge in [-0.2, -0.15) is 13.2 Å². The van der Waals surface area contributed by atoms with E-state index >= 15 is 0 Å². The number of primary sulfonamides is 1. The zero-order valence-corrected chi connectivity index (χ0v) is 9.35. The van der Waals surface area contributed by atoms with Gasteiger partial charge in [-0.15, -0.1) is 0 Å². The topological polar surface area (TPSA) is 73.1 Å². The normalized spacial score (nSPS) is 17.2. The summed E-state index contributed by atoms with van der Waals surface area (Å²) in [5, 5.41) is 4.85. The van der Waals surface area contributed by atoms with Gasteiger partial charge in [0.1, 0.15) is 4.90 Å². The molecule has 1 fully saturated rings. The van der Waals surface area contributed by atoms with Crippen LogP contribution in [0.3, 0.4) is 0 Å². The Morgan fingerprint density at radius 2 is 1.94 bits per heavy atom. The van der Waals surface area contributed by atoms with Gasteiger partial charge in [0.2, 0.25) is 10.0 Å². The molecule has 17 heavy (non-hydrogen) atoms. The van der Waals surface area contributed by atoms with Crippen molar-refractivity contribution in [2.45, 2.75) is 29.8 Å². The van der Waals surface area contributed by atoms with E-state index in [4.69, 9.17) is 5.14 Å². The fourth-order valence-electron chi connectivity index (χ4n) is 1.63. The summed E-state index contributed by atoms with van der Waals surface area (Å²) in [6.07, 6.45) is -2.52. The van der Waals surface area contributed by atoms with Crippen LogP contribution in [0.5, 0.6) is 0 Å². The Morgan fingerprint density at radius 3 is 2.35 bits per heavy atom. The van der Waals surface area contributed by atoms with Crippen molar-refractivity contribution in [2.24, 2.45) is 5.14 Å². The lowest BCUT2D eigenvalue weighted by atomic mass is 10.1. The highest BCUT2D eigenvalue weighted by Crippen LogP contribution is 2.44. The Hall–Kier alpha value is -1.15. The number of nitrogens with two attached hydrogens (primary N) is 1. The minimum Gasteiger partial charge on any atom is -0.260 e. The van der Waals surface area contributed by atoms with Crippen molar-refractivity contribution in [3.8, 4) is 0 Å². The molecule has 1 saturated carbocycles. The van der Waals surface area contributed by atoms with E-state index in [-0.39, 0.29) is 11.6 Å². The van der Waals surface area contributed by atoms with E-state index in [1.807, 2.05) is 0 Å². The number of pyridine rings is 1. The number of nitrogens with zero attached hydrogens (tertiary/aromatic N) is 1. The Balaban J connectivity index is 2.72. The average Bonchev–Trinajstić information content (AvgIpc) is 2.96. The molecule has 1 aliphatic carbocycles. The third-order valence-corrected chi connectivity index (χ3v) is 3.48. The third-order valence-electron chi connectivity index (χ3n) is 2.49. The summed E-state index contributed by atoms with van der Waals surface area (Å²) in [6, 6.07) is 0.631. The van der Waals surface area contributed by atoms with Crippen LogP contribution in [-0.4, -0.2) is 13.4 Å². The fraction of sp³-hybridized carbons (Fsp3) is 0.444. The lowest BCUT2D eigenvalue weighted by Crippen LogP contribution is -2.21. The smallest absolute Gasteiger partial charge is 0.260 e. The molecule has 1 aromatic rings. The molecule has 0 radical (unpaired) electrons. The van der Waals surface area contributed by atoms with Gasteiger partial charge >= 0.3 is 6.18 Å². The molecule has 0 bridgehead atoms.